The van der Waals surface area contributed by atoms with E-state index in [1.54, 1.807) is 30.6 Å². The molecule has 0 atom stereocenters. The molecule has 0 bridgehead atoms. The minimum absolute atomic E-state index is 0.286. The molecule has 21 heavy (non-hydrogen) atoms. The molecule has 2 aromatic rings. The van der Waals surface area contributed by atoms with Crippen LogP contribution in [0.2, 0.25) is 5.02 Å². The maximum absolute atomic E-state index is 11.8. The lowest BCUT2D eigenvalue weighted by Gasteiger charge is -2.11. The zero-order valence-corrected chi connectivity index (χ0v) is 13.3. The standard InChI is InChI=1S/C14H18ClN3O2S/c1-21(19,20)13-5-2-4-12(15)11(13)10-16-7-3-6-14-17-8-9-18-14/h2,4-5,8-9,16H,3,6-7,10H2,1H3,(H,17,18). The quantitative estimate of drug-likeness (QED) is 0.764. The van der Waals surface area contributed by atoms with E-state index in [0.717, 1.165) is 25.2 Å². The summed E-state index contributed by atoms with van der Waals surface area (Å²) in [5.41, 5.74) is 0.625. The van der Waals surface area contributed by atoms with Crippen LogP contribution in [0.5, 0.6) is 0 Å². The van der Waals surface area contributed by atoms with Crippen LogP contribution in [0.4, 0.5) is 0 Å². The Morgan fingerprint density at radius 2 is 2.19 bits per heavy atom. The van der Waals surface area contributed by atoms with Gasteiger partial charge >= 0.3 is 0 Å². The van der Waals surface area contributed by atoms with Crippen molar-refractivity contribution in [2.45, 2.75) is 24.3 Å². The van der Waals surface area contributed by atoms with E-state index in [2.05, 4.69) is 15.3 Å². The van der Waals surface area contributed by atoms with Crippen LogP contribution in [-0.2, 0) is 22.8 Å². The monoisotopic (exact) mass is 327 g/mol. The molecule has 114 valence electrons. The molecule has 0 saturated heterocycles. The molecule has 5 nitrogen and oxygen atoms in total. The summed E-state index contributed by atoms with van der Waals surface area (Å²) in [7, 11) is -3.27. The molecule has 0 unspecified atom stereocenters. The van der Waals surface area contributed by atoms with Crippen LogP contribution < -0.4 is 5.32 Å². The first-order valence-electron chi connectivity index (χ1n) is 6.65. The Morgan fingerprint density at radius 3 is 2.86 bits per heavy atom. The number of nitrogens with one attached hydrogen (secondary N) is 2. The zero-order valence-electron chi connectivity index (χ0n) is 11.8. The fraction of sp³-hybridized carbons (Fsp3) is 0.357. The number of hydrogen-bond acceptors (Lipinski definition) is 4. The summed E-state index contributed by atoms with van der Waals surface area (Å²) in [6, 6.07) is 4.94. The number of halogens is 1. The van der Waals surface area contributed by atoms with Gasteiger partial charge < -0.3 is 10.3 Å². The van der Waals surface area contributed by atoms with Crippen LogP contribution in [0.15, 0.2) is 35.5 Å². The minimum Gasteiger partial charge on any atom is -0.349 e. The second kappa shape index (κ2) is 7.06. The van der Waals surface area contributed by atoms with Gasteiger partial charge in [0.05, 0.1) is 4.90 Å². The normalized spacial score (nSPS) is 11.7. The predicted octanol–water partition coefficient (Wildman–Crippen LogP) is 2.19. The van der Waals surface area contributed by atoms with Crippen molar-refractivity contribution in [3.63, 3.8) is 0 Å². The Kier molecular flexibility index (Phi) is 5.39. The third-order valence-electron chi connectivity index (χ3n) is 3.10. The molecular weight excluding hydrogens is 310 g/mol. The van der Waals surface area contributed by atoms with Crippen LogP contribution in [-0.4, -0.2) is 31.2 Å². The largest absolute Gasteiger partial charge is 0.349 e. The molecule has 0 radical (unpaired) electrons. The van der Waals surface area contributed by atoms with Crippen LogP contribution in [0.25, 0.3) is 0 Å². The lowest BCUT2D eigenvalue weighted by molar-refractivity contribution is 0.597. The first-order chi connectivity index (χ1) is 9.98. The third kappa shape index (κ3) is 4.56. The lowest BCUT2D eigenvalue weighted by Crippen LogP contribution is -2.18. The highest BCUT2D eigenvalue weighted by Gasteiger charge is 2.15. The summed E-state index contributed by atoms with van der Waals surface area (Å²) in [6.45, 7) is 1.19. The molecule has 2 rings (SSSR count). The van der Waals surface area contributed by atoms with E-state index >= 15 is 0 Å². The Hall–Kier alpha value is -1.37. The highest BCUT2D eigenvalue weighted by atomic mass is 35.5. The number of aromatic amines is 1. The maximum atomic E-state index is 11.8. The van der Waals surface area contributed by atoms with E-state index in [1.165, 1.54) is 6.26 Å². The van der Waals surface area contributed by atoms with Crippen LogP contribution in [0, 0.1) is 0 Å². The summed E-state index contributed by atoms with van der Waals surface area (Å²) in [6.07, 6.45) is 6.47. The van der Waals surface area contributed by atoms with E-state index in [-0.39, 0.29) is 4.90 Å². The van der Waals surface area contributed by atoms with Gasteiger partial charge in [0.15, 0.2) is 9.84 Å². The molecular formula is C14H18ClN3O2S. The number of hydrogen-bond donors (Lipinski definition) is 2. The van der Waals surface area contributed by atoms with Crippen molar-refractivity contribution in [2.24, 2.45) is 0 Å². The van der Waals surface area contributed by atoms with Crippen LogP contribution in [0.1, 0.15) is 17.8 Å². The van der Waals surface area contributed by atoms with Gasteiger partial charge in [0.25, 0.3) is 0 Å². The van der Waals surface area contributed by atoms with E-state index in [1.807, 2.05) is 0 Å². The Morgan fingerprint density at radius 1 is 1.38 bits per heavy atom. The predicted molar refractivity (Wildman–Crippen MR) is 83.2 cm³/mol. The second-order valence-corrected chi connectivity index (χ2v) is 7.20. The minimum atomic E-state index is -3.27. The summed E-state index contributed by atoms with van der Waals surface area (Å²) in [5, 5.41) is 3.70. The average Bonchev–Trinajstić information content (AvgIpc) is 2.92. The van der Waals surface area contributed by atoms with Gasteiger partial charge in [-0.15, -0.1) is 0 Å². The molecule has 0 aliphatic rings. The van der Waals surface area contributed by atoms with E-state index in [4.69, 9.17) is 11.6 Å². The smallest absolute Gasteiger partial charge is 0.175 e. The Labute approximate surface area is 129 Å². The molecule has 0 saturated carbocycles. The molecule has 0 aliphatic heterocycles. The van der Waals surface area contributed by atoms with Gasteiger partial charge in [-0.1, -0.05) is 17.7 Å². The van der Waals surface area contributed by atoms with Crippen molar-refractivity contribution in [1.82, 2.24) is 15.3 Å². The van der Waals surface area contributed by atoms with Crippen molar-refractivity contribution in [3.05, 3.63) is 47.0 Å². The third-order valence-corrected chi connectivity index (χ3v) is 4.63. The number of H-pyrrole nitrogens is 1. The Bertz CT molecular complexity index is 684. The molecule has 2 N–H and O–H groups in total. The number of sulfone groups is 1. The number of nitrogens with zero attached hydrogens (tertiary/aromatic N) is 1. The van der Waals surface area contributed by atoms with Gasteiger partial charge in [-0.2, -0.15) is 0 Å². The fourth-order valence-corrected chi connectivity index (χ4v) is 3.34. The maximum Gasteiger partial charge on any atom is 0.175 e. The van der Waals surface area contributed by atoms with Gasteiger partial charge in [-0.25, -0.2) is 13.4 Å². The van der Waals surface area contributed by atoms with Gasteiger partial charge in [-0.3, -0.25) is 0 Å². The molecule has 1 aromatic carbocycles. The second-order valence-electron chi connectivity index (χ2n) is 4.80. The zero-order chi connectivity index (χ0) is 15.3. The van der Waals surface area contributed by atoms with E-state index in [9.17, 15) is 8.42 Å². The highest BCUT2D eigenvalue weighted by Crippen LogP contribution is 2.23. The fourth-order valence-electron chi connectivity index (χ4n) is 2.09. The van der Waals surface area contributed by atoms with Crippen LogP contribution >= 0.6 is 11.6 Å². The Balaban J connectivity index is 1.91. The van der Waals surface area contributed by atoms with Gasteiger partial charge in [0, 0.05) is 42.2 Å². The average molecular weight is 328 g/mol. The molecule has 1 heterocycles. The summed E-state index contributed by atoms with van der Waals surface area (Å²) in [5.74, 6) is 0.950. The van der Waals surface area contributed by atoms with Crippen molar-refractivity contribution < 1.29 is 8.42 Å². The number of benzene rings is 1. The molecule has 0 fully saturated rings. The first kappa shape index (κ1) is 16.0. The van der Waals surface area contributed by atoms with Gasteiger partial charge in [-0.05, 0) is 25.1 Å². The summed E-state index contributed by atoms with van der Waals surface area (Å²) >= 11 is 6.11. The van der Waals surface area contributed by atoms with Crippen molar-refractivity contribution >= 4 is 21.4 Å². The topological polar surface area (TPSA) is 74.8 Å². The summed E-state index contributed by atoms with van der Waals surface area (Å²) in [4.78, 5) is 7.48. The number of imidazole rings is 1. The van der Waals surface area contributed by atoms with Gasteiger partial charge in [0.2, 0.25) is 0 Å². The first-order valence-corrected chi connectivity index (χ1v) is 8.92. The van der Waals surface area contributed by atoms with E-state index in [0.29, 0.717) is 17.1 Å². The van der Waals surface area contributed by atoms with Crippen LogP contribution in [0.3, 0.4) is 0 Å². The number of aryl methyl sites for hydroxylation is 1. The lowest BCUT2D eigenvalue weighted by atomic mass is 10.2. The van der Waals surface area contributed by atoms with Crippen molar-refractivity contribution in [3.8, 4) is 0 Å². The molecule has 0 amide bonds. The van der Waals surface area contributed by atoms with Gasteiger partial charge in [0.1, 0.15) is 5.82 Å². The molecule has 0 aliphatic carbocycles. The molecule has 1 aromatic heterocycles. The molecule has 7 heteroatoms. The summed E-state index contributed by atoms with van der Waals surface area (Å²) < 4.78 is 23.5. The SMILES string of the molecule is CS(=O)(=O)c1cccc(Cl)c1CNCCCc1ncc[nH]1. The van der Waals surface area contributed by atoms with Crippen molar-refractivity contribution in [1.29, 1.82) is 0 Å². The number of rotatable bonds is 7. The highest BCUT2D eigenvalue weighted by molar-refractivity contribution is 7.90. The molecule has 0 spiro atoms. The van der Waals surface area contributed by atoms with Crippen molar-refractivity contribution in [2.75, 3.05) is 12.8 Å². The van der Waals surface area contributed by atoms with E-state index < -0.39 is 9.84 Å². The number of aromatic nitrogens is 2.